The third kappa shape index (κ3) is 4.94. The number of ether oxygens (including phenoxy) is 2. The molecule has 5 aromatic rings. The van der Waals surface area contributed by atoms with Crippen molar-refractivity contribution in [2.45, 2.75) is 6.92 Å². The predicted molar refractivity (Wildman–Crippen MR) is 136 cm³/mol. The molecule has 0 saturated carbocycles. The molecule has 0 bridgehead atoms. The maximum Gasteiger partial charge on any atom is 0.195 e. The molecule has 0 atom stereocenters. The predicted octanol–water partition coefficient (Wildman–Crippen LogP) is 8.07. The van der Waals surface area contributed by atoms with Crippen LogP contribution in [0.15, 0.2) is 114 Å². The van der Waals surface area contributed by atoms with Crippen molar-refractivity contribution in [3.63, 3.8) is 0 Å². The Balaban J connectivity index is 1.36. The normalized spacial score (nSPS) is 10.7. The average molecular weight is 449 g/mol. The van der Waals surface area contributed by atoms with Crippen molar-refractivity contribution in [3.8, 4) is 34.3 Å². The molecule has 0 aliphatic carbocycles. The smallest absolute Gasteiger partial charge is 0.195 e. The van der Waals surface area contributed by atoms with Crippen LogP contribution in [0.25, 0.3) is 22.4 Å². The van der Waals surface area contributed by atoms with E-state index in [2.05, 4.69) is 16.9 Å². The van der Waals surface area contributed by atoms with Gasteiger partial charge in [0.05, 0.1) is 0 Å². The van der Waals surface area contributed by atoms with Crippen LogP contribution in [-0.2, 0) is 0 Å². The number of anilines is 1. The number of rotatable bonds is 8. The summed E-state index contributed by atoms with van der Waals surface area (Å²) in [6, 6.07) is 28.9. The molecule has 0 spiro atoms. The summed E-state index contributed by atoms with van der Waals surface area (Å²) in [5, 5.41) is 3.36. The van der Waals surface area contributed by atoms with Gasteiger partial charge in [-0.25, -0.2) is 0 Å². The Morgan fingerprint density at radius 3 is 2.35 bits per heavy atom. The first kappa shape index (κ1) is 21.3. The Morgan fingerprint density at radius 1 is 0.853 bits per heavy atom. The van der Waals surface area contributed by atoms with Crippen LogP contribution in [0, 0.1) is 0 Å². The Bertz CT molecular complexity index is 1420. The number of fused-ring (bicyclic) bond motifs is 1. The second-order valence-corrected chi connectivity index (χ2v) is 8.01. The van der Waals surface area contributed by atoms with Gasteiger partial charge in [-0.3, -0.25) is 4.98 Å². The Kier molecular flexibility index (Phi) is 5.99. The lowest BCUT2D eigenvalue weighted by molar-refractivity contribution is 0.465. The van der Waals surface area contributed by atoms with Crippen LogP contribution in [0.5, 0.6) is 23.0 Å². The van der Waals surface area contributed by atoms with E-state index < -0.39 is 0 Å². The van der Waals surface area contributed by atoms with Crippen LogP contribution in [0.4, 0.5) is 5.69 Å². The second kappa shape index (κ2) is 9.55. The molecule has 168 valence electrons. The molecule has 0 amide bonds. The molecular weight excluding hydrogens is 424 g/mol. The van der Waals surface area contributed by atoms with E-state index in [0.29, 0.717) is 17.1 Å². The number of hydrogen-bond donors (Lipinski definition) is 1. The van der Waals surface area contributed by atoms with Crippen LogP contribution in [0.2, 0.25) is 0 Å². The molecule has 2 heterocycles. The summed E-state index contributed by atoms with van der Waals surface area (Å²) < 4.78 is 18.2. The first-order valence-electron chi connectivity index (χ1n) is 11.0. The minimum absolute atomic E-state index is 0.599. The molecular formula is C29H24N2O3. The lowest BCUT2D eigenvalue weighted by Gasteiger charge is -2.08. The van der Waals surface area contributed by atoms with Crippen LogP contribution in [-0.4, -0.2) is 11.5 Å². The van der Waals surface area contributed by atoms with Crippen LogP contribution in [0.3, 0.4) is 0 Å². The molecule has 5 rings (SSSR count). The number of nitrogens with one attached hydrogen (secondary N) is 1. The minimum atomic E-state index is 0.599. The van der Waals surface area contributed by atoms with E-state index in [-0.39, 0.29) is 0 Å². The summed E-state index contributed by atoms with van der Waals surface area (Å²) in [5.74, 6) is 3.53. The summed E-state index contributed by atoms with van der Waals surface area (Å²) in [6.07, 6.45) is 1.72. The molecule has 0 unspecified atom stereocenters. The monoisotopic (exact) mass is 448 g/mol. The zero-order valence-corrected chi connectivity index (χ0v) is 18.8. The van der Waals surface area contributed by atoms with Gasteiger partial charge in [-0.15, -0.1) is 0 Å². The van der Waals surface area contributed by atoms with Crippen molar-refractivity contribution in [1.82, 2.24) is 4.98 Å². The van der Waals surface area contributed by atoms with Gasteiger partial charge >= 0.3 is 0 Å². The minimum Gasteiger partial charge on any atom is -0.457 e. The summed E-state index contributed by atoms with van der Waals surface area (Å²) in [5.41, 5.74) is 4.36. The quantitative estimate of drug-likeness (QED) is 0.243. The maximum absolute atomic E-state index is 6.18. The maximum atomic E-state index is 6.18. The Labute approximate surface area is 198 Å². The van der Waals surface area contributed by atoms with E-state index >= 15 is 0 Å². The van der Waals surface area contributed by atoms with Crippen molar-refractivity contribution < 1.29 is 13.9 Å². The number of para-hydroxylation sites is 1. The Morgan fingerprint density at radius 2 is 1.59 bits per heavy atom. The molecule has 34 heavy (non-hydrogen) atoms. The number of hydrogen-bond acceptors (Lipinski definition) is 5. The highest BCUT2D eigenvalue weighted by Gasteiger charge is 2.13. The second-order valence-electron chi connectivity index (χ2n) is 8.01. The fourth-order valence-electron chi connectivity index (χ4n) is 3.50. The topological polar surface area (TPSA) is 56.5 Å². The molecule has 0 aliphatic rings. The number of pyridine rings is 1. The SMILES string of the molecule is C=C(C)CNc1cccc(-c2cc3nccc(Oc4ccc(Oc5ccccc5)cc4)c3o2)c1. The molecule has 5 nitrogen and oxygen atoms in total. The molecule has 0 saturated heterocycles. The molecule has 0 aliphatic heterocycles. The first-order chi connectivity index (χ1) is 16.6. The van der Waals surface area contributed by atoms with E-state index in [1.807, 2.05) is 91.9 Å². The van der Waals surface area contributed by atoms with Gasteiger partial charge in [0.15, 0.2) is 11.3 Å². The summed E-state index contributed by atoms with van der Waals surface area (Å²) in [7, 11) is 0. The van der Waals surface area contributed by atoms with E-state index in [9.17, 15) is 0 Å². The summed E-state index contributed by atoms with van der Waals surface area (Å²) >= 11 is 0. The van der Waals surface area contributed by atoms with Gasteiger partial charge in [0.25, 0.3) is 0 Å². The fraction of sp³-hybridized carbons (Fsp3) is 0.0690. The van der Waals surface area contributed by atoms with Crippen LogP contribution >= 0.6 is 0 Å². The van der Waals surface area contributed by atoms with Crippen molar-refractivity contribution in [2.24, 2.45) is 0 Å². The van der Waals surface area contributed by atoms with Gasteiger partial charge < -0.3 is 19.2 Å². The summed E-state index contributed by atoms with van der Waals surface area (Å²) in [6.45, 7) is 6.65. The van der Waals surface area contributed by atoms with Gasteiger partial charge in [-0.2, -0.15) is 0 Å². The van der Waals surface area contributed by atoms with Gasteiger partial charge in [0.2, 0.25) is 0 Å². The standard InChI is InChI=1S/C29H24N2O3/c1-20(2)19-31-22-8-6-7-21(17-22)28-18-26-29(34-28)27(15-16-30-26)33-25-13-11-24(12-14-25)32-23-9-4-3-5-10-23/h3-18,31H,1,19H2,2H3. The van der Waals surface area contributed by atoms with E-state index in [1.54, 1.807) is 12.3 Å². The number of aromatic nitrogens is 1. The van der Waals surface area contributed by atoms with Gasteiger partial charge in [-0.1, -0.05) is 42.5 Å². The lowest BCUT2D eigenvalue weighted by Crippen LogP contribution is -2.01. The molecule has 5 heteroatoms. The number of furan rings is 1. The molecule has 3 aromatic carbocycles. The van der Waals surface area contributed by atoms with Gasteiger partial charge in [-0.05, 0) is 55.5 Å². The van der Waals surface area contributed by atoms with Crippen molar-refractivity contribution in [2.75, 3.05) is 11.9 Å². The molecule has 0 radical (unpaired) electrons. The third-order valence-electron chi connectivity index (χ3n) is 5.15. The Hall–Kier alpha value is -4.51. The highest BCUT2D eigenvalue weighted by atomic mass is 16.5. The third-order valence-corrected chi connectivity index (χ3v) is 5.15. The first-order valence-corrected chi connectivity index (χ1v) is 11.0. The molecule has 2 aromatic heterocycles. The zero-order chi connectivity index (χ0) is 23.3. The van der Waals surface area contributed by atoms with Crippen molar-refractivity contribution >= 4 is 16.8 Å². The van der Waals surface area contributed by atoms with Gasteiger partial charge in [0, 0.05) is 36.1 Å². The number of benzene rings is 3. The van der Waals surface area contributed by atoms with Crippen molar-refractivity contribution in [3.05, 3.63) is 109 Å². The lowest BCUT2D eigenvalue weighted by atomic mass is 10.1. The summed E-state index contributed by atoms with van der Waals surface area (Å²) in [4.78, 5) is 4.45. The van der Waals surface area contributed by atoms with E-state index in [1.165, 1.54) is 0 Å². The zero-order valence-electron chi connectivity index (χ0n) is 18.8. The molecule has 1 N–H and O–H groups in total. The number of nitrogens with zero attached hydrogens (tertiary/aromatic N) is 1. The van der Waals surface area contributed by atoms with Crippen molar-refractivity contribution in [1.29, 1.82) is 0 Å². The average Bonchev–Trinajstić information content (AvgIpc) is 3.30. The van der Waals surface area contributed by atoms with Gasteiger partial charge in [0.1, 0.15) is 28.5 Å². The highest BCUT2D eigenvalue weighted by molar-refractivity contribution is 5.84. The van der Waals surface area contributed by atoms with E-state index in [4.69, 9.17) is 13.9 Å². The molecule has 0 fully saturated rings. The van der Waals surface area contributed by atoms with Crippen LogP contribution in [0.1, 0.15) is 6.92 Å². The highest BCUT2D eigenvalue weighted by Crippen LogP contribution is 2.35. The van der Waals surface area contributed by atoms with E-state index in [0.717, 1.165) is 46.1 Å². The van der Waals surface area contributed by atoms with Crippen LogP contribution < -0.4 is 14.8 Å². The largest absolute Gasteiger partial charge is 0.457 e. The fourth-order valence-corrected chi connectivity index (χ4v) is 3.50.